The highest BCUT2D eigenvalue weighted by Crippen LogP contribution is 2.46. The van der Waals surface area contributed by atoms with E-state index in [-0.39, 0.29) is 30.0 Å². The molecular weight excluding hydrogens is 563 g/mol. The first-order valence-electron chi connectivity index (χ1n) is 13.0. The Morgan fingerprint density at radius 3 is 1.90 bits per heavy atom. The third-order valence-electron chi connectivity index (χ3n) is 7.07. The van der Waals surface area contributed by atoms with E-state index in [1.807, 2.05) is 25.7 Å². The molecule has 0 saturated carbocycles. The van der Waals surface area contributed by atoms with Crippen LogP contribution in [0.3, 0.4) is 0 Å². The number of nitrogens with zero attached hydrogens (tertiary/aromatic N) is 2. The minimum absolute atomic E-state index is 0.0154. The van der Waals surface area contributed by atoms with Crippen LogP contribution in [0.5, 0.6) is 0 Å². The van der Waals surface area contributed by atoms with Gasteiger partial charge in [0.05, 0.1) is 22.7 Å². The summed E-state index contributed by atoms with van der Waals surface area (Å²) in [5, 5.41) is 0. The molecule has 0 radical (unpaired) electrons. The zero-order chi connectivity index (χ0) is 31.1. The number of halogens is 9. The van der Waals surface area contributed by atoms with Crippen LogP contribution in [0, 0.1) is 5.92 Å². The number of amides is 1. The van der Waals surface area contributed by atoms with Crippen LogP contribution in [0.1, 0.15) is 80.8 Å². The standard InChI is InChI=1S/C29H31F9N2O/c1-6-23-14-26(24-13-20(27(30,31)32)7-8-25(24)40(23)17(4)9-16(2)3)39(18(5)41)15-19-10-21(28(33,34)35)12-22(11-19)29(36,37)38/h7-8,10-13,16,23,26H,4,6,9,14-15H2,1-3,5H3. The molecule has 2 aromatic carbocycles. The maximum absolute atomic E-state index is 13.7. The Balaban J connectivity index is 2.20. The number of allylic oxidation sites excluding steroid dienone is 1. The molecule has 0 N–H and O–H groups in total. The van der Waals surface area contributed by atoms with Crippen molar-refractivity contribution >= 4 is 11.6 Å². The van der Waals surface area contributed by atoms with Crippen LogP contribution in [0.25, 0.3) is 0 Å². The van der Waals surface area contributed by atoms with Gasteiger partial charge in [-0.1, -0.05) is 27.4 Å². The maximum atomic E-state index is 13.7. The number of carbonyl (C=O) groups excluding carboxylic acids is 1. The van der Waals surface area contributed by atoms with Crippen LogP contribution in [0.15, 0.2) is 48.7 Å². The number of hydrogen-bond donors (Lipinski definition) is 0. The Morgan fingerprint density at radius 2 is 1.46 bits per heavy atom. The predicted octanol–water partition coefficient (Wildman–Crippen LogP) is 9.38. The summed E-state index contributed by atoms with van der Waals surface area (Å²) >= 11 is 0. The first-order chi connectivity index (χ1) is 18.7. The number of benzene rings is 2. The molecular formula is C29H31F9N2O. The first kappa shape index (κ1) is 32.3. The first-order valence-corrected chi connectivity index (χ1v) is 13.0. The fourth-order valence-electron chi connectivity index (χ4n) is 5.29. The summed E-state index contributed by atoms with van der Waals surface area (Å²) in [5.74, 6) is -0.540. The summed E-state index contributed by atoms with van der Waals surface area (Å²) in [6, 6.07) is 2.71. The lowest BCUT2D eigenvalue weighted by Crippen LogP contribution is -2.45. The highest BCUT2D eigenvalue weighted by molar-refractivity contribution is 5.75. The van der Waals surface area contributed by atoms with Gasteiger partial charge >= 0.3 is 18.5 Å². The highest BCUT2D eigenvalue weighted by atomic mass is 19.4. The normalized spacial score (nSPS) is 18.0. The molecule has 2 atom stereocenters. The van der Waals surface area contributed by atoms with Gasteiger partial charge in [-0.25, -0.2) is 0 Å². The lowest BCUT2D eigenvalue weighted by Gasteiger charge is -2.46. The molecule has 0 fully saturated rings. The van der Waals surface area contributed by atoms with Crippen molar-refractivity contribution in [1.29, 1.82) is 0 Å². The monoisotopic (exact) mass is 594 g/mol. The molecule has 3 rings (SSSR count). The second kappa shape index (κ2) is 11.6. The summed E-state index contributed by atoms with van der Waals surface area (Å²) in [7, 11) is 0. The second-order valence-corrected chi connectivity index (χ2v) is 10.7. The van der Waals surface area contributed by atoms with Crippen LogP contribution in [-0.4, -0.2) is 16.8 Å². The summed E-state index contributed by atoms with van der Waals surface area (Å²) in [6.45, 7) is 10.3. The van der Waals surface area contributed by atoms with E-state index < -0.39 is 59.3 Å². The lowest BCUT2D eigenvalue weighted by molar-refractivity contribution is -0.143. The van der Waals surface area contributed by atoms with Gasteiger partial charge in [0.2, 0.25) is 5.91 Å². The molecule has 3 nitrogen and oxygen atoms in total. The molecule has 0 spiro atoms. The zero-order valence-electron chi connectivity index (χ0n) is 22.9. The summed E-state index contributed by atoms with van der Waals surface area (Å²) in [5.41, 5.74) is -3.43. The average Bonchev–Trinajstić information content (AvgIpc) is 2.83. The van der Waals surface area contributed by atoms with Crippen LogP contribution in [-0.2, 0) is 29.9 Å². The molecule has 1 amide bonds. The molecule has 2 unspecified atom stereocenters. The van der Waals surface area contributed by atoms with Crippen LogP contribution in [0.4, 0.5) is 45.2 Å². The van der Waals surface area contributed by atoms with Gasteiger partial charge < -0.3 is 9.80 Å². The number of hydrogen-bond acceptors (Lipinski definition) is 2. The summed E-state index contributed by atoms with van der Waals surface area (Å²) in [4.78, 5) is 15.8. The fraction of sp³-hybridized carbons (Fsp3) is 0.483. The Hall–Kier alpha value is -3.18. The molecule has 41 heavy (non-hydrogen) atoms. The largest absolute Gasteiger partial charge is 0.416 e. The van der Waals surface area contributed by atoms with Crippen molar-refractivity contribution in [2.45, 2.75) is 84.1 Å². The Morgan fingerprint density at radius 1 is 0.927 bits per heavy atom. The molecule has 1 aliphatic rings. The smallest absolute Gasteiger partial charge is 0.342 e. The number of anilines is 1. The van der Waals surface area contributed by atoms with Crippen LogP contribution < -0.4 is 4.90 Å². The van der Waals surface area contributed by atoms with E-state index in [0.29, 0.717) is 36.4 Å². The molecule has 0 saturated heterocycles. The van der Waals surface area contributed by atoms with Crippen LogP contribution >= 0.6 is 0 Å². The number of rotatable bonds is 7. The average molecular weight is 595 g/mol. The van der Waals surface area contributed by atoms with Crippen molar-refractivity contribution in [1.82, 2.24) is 4.90 Å². The van der Waals surface area contributed by atoms with Gasteiger partial charge in [0.1, 0.15) is 0 Å². The van der Waals surface area contributed by atoms with E-state index in [0.717, 1.165) is 24.0 Å². The van der Waals surface area contributed by atoms with Crippen molar-refractivity contribution in [2.75, 3.05) is 4.90 Å². The number of carbonyl (C=O) groups is 1. The van der Waals surface area contributed by atoms with E-state index >= 15 is 0 Å². The molecule has 226 valence electrons. The maximum Gasteiger partial charge on any atom is 0.416 e. The van der Waals surface area contributed by atoms with E-state index in [9.17, 15) is 44.3 Å². The van der Waals surface area contributed by atoms with E-state index in [2.05, 4.69) is 6.58 Å². The Kier molecular flexibility index (Phi) is 9.15. The predicted molar refractivity (Wildman–Crippen MR) is 137 cm³/mol. The zero-order valence-corrected chi connectivity index (χ0v) is 22.9. The third kappa shape index (κ3) is 7.37. The van der Waals surface area contributed by atoms with Gasteiger partial charge in [-0.15, -0.1) is 0 Å². The third-order valence-corrected chi connectivity index (χ3v) is 7.07. The van der Waals surface area contributed by atoms with Gasteiger partial charge in [-0.3, -0.25) is 4.79 Å². The van der Waals surface area contributed by atoms with Crippen LogP contribution in [0.2, 0.25) is 0 Å². The Bertz CT molecular complexity index is 1250. The van der Waals surface area contributed by atoms with Gasteiger partial charge in [0.15, 0.2) is 0 Å². The van der Waals surface area contributed by atoms with Crippen molar-refractivity contribution in [3.8, 4) is 0 Å². The molecule has 0 bridgehead atoms. The highest BCUT2D eigenvalue weighted by Gasteiger charge is 2.41. The van der Waals surface area contributed by atoms with Gasteiger partial charge in [-0.05, 0) is 72.7 Å². The van der Waals surface area contributed by atoms with E-state index in [4.69, 9.17) is 0 Å². The SMILES string of the molecule is C=C(CC(C)C)N1c2ccc(C(F)(F)F)cc2C(N(Cc2cc(C(F)(F)F)cc(C(F)(F)F)c2)C(C)=O)CC1CC. The lowest BCUT2D eigenvalue weighted by atomic mass is 9.86. The topological polar surface area (TPSA) is 23.6 Å². The molecule has 2 aromatic rings. The van der Waals surface area contributed by atoms with Crippen molar-refractivity contribution < 1.29 is 44.3 Å². The van der Waals surface area contributed by atoms with Gasteiger partial charge in [-0.2, -0.15) is 39.5 Å². The fourth-order valence-corrected chi connectivity index (χ4v) is 5.29. The summed E-state index contributed by atoms with van der Waals surface area (Å²) in [6.07, 6.45) is -13.8. The molecule has 1 aliphatic heterocycles. The minimum atomic E-state index is -5.10. The number of alkyl halides is 9. The van der Waals surface area contributed by atoms with E-state index in [1.165, 1.54) is 6.07 Å². The van der Waals surface area contributed by atoms with Gasteiger partial charge in [0.25, 0.3) is 0 Å². The number of fused-ring (bicyclic) bond motifs is 1. The molecule has 12 heteroatoms. The van der Waals surface area contributed by atoms with E-state index in [1.54, 1.807) is 0 Å². The van der Waals surface area contributed by atoms with Crippen molar-refractivity contribution in [3.05, 3.63) is 76.5 Å². The van der Waals surface area contributed by atoms with Crippen molar-refractivity contribution in [3.63, 3.8) is 0 Å². The Labute approximate surface area is 232 Å². The second-order valence-electron chi connectivity index (χ2n) is 10.7. The van der Waals surface area contributed by atoms with Crippen molar-refractivity contribution in [2.24, 2.45) is 5.92 Å². The molecule has 0 aliphatic carbocycles. The molecule has 1 heterocycles. The minimum Gasteiger partial charge on any atom is -0.342 e. The van der Waals surface area contributed by atoms with Gasteiger partial charge in [0, 0.05) is 30.9 Å². The quantitative estimate of drug-likeness (QED) is 0.298. The summed E-state index contributed by atoms with van der Waals surface area (Å²) < 4.78 is 122. The molecule has 0 aromatic heterocycles.